The number of benzene rings is 1. The van der Waals surface area contributed by atoms with E-state index in [-0.39, 0.29) is 5.91 Å². The first-order valence-electron chi connectivity index (χ1n) is 8.83. The van der Waals surface area contributed by atoms with E-state index >= 15 is 0 Å². The van der Waals surface area contributed by atoms with Gasteiger partial charge in [0, 0.05) is 42.6 Å². The van der Waals surface area contributed by atoms with Crippen LogP contribution in [0.4, 0.5) is 0 Å². The van der Waals surface area contributed by atoms with E-state index < -0.39 is 0 Å². The van der Waals surface area contributed by atoms with E-state index in [1.807, 2.05) is 17.2 Å². The molecule has 0 radical (unpaired) electrons. The van der Waals surface area contributed by atoms with E-state index in [0.29, 0.717) is 5.92 Å². The van der Waals surface area contributed by atoms with E-state index in [0.717, 1.165) is 43.4 Å². The summed E-state index contributed by atoms with van der Waals surface area (Å²) in [5.74, 6) is 0.593. The summed E-state index contributed by atoms with van der Waals surface area (Å²) >= 11 is 0. The van der Waals surface area contributed by atoms with Gasteiger partial charge in [-0.15, -0.1) is 0 Å². The number of hydrogen-bond acceptors (Lipinski definition) is 3. The molecule has 0 spiro atoms. The Balaban J connectivity index is 1.51. The normalized spacial score (nSPS) is 17.6. The lowest BCUT2D eigenvalue weighted by atomic mass is 9.90. The second kappa shape index (κ2) is 7.01. The zero-order valence-corrected chi connectivity index (χ0v) is 14.1. The van der Waals surface area contributed by atoms with Gasteiger partial charge in [0.25, 0.3) is 5.91 Å². The van der Waals surface area contributed by atoms with Crippen LogP contribution < -0.4 is 0 Å². The molecule has 1 fully saturated rings. The van der Waals surface area contributed by atoms with Crippen LogP contribution in [0.15, 0.2) is 61.1 Å². The van der Waals surface area contributed by atoms with Crippen LogP contribution in [0.2, 0.25) is 0 Å². The molecular formula is C21H21N3O. The SMILES string of the molecule is O=C(c1ccncc1)N1CCCC(Cc2cccc3cccnc23)C1. The maximum atomic E-state index is 12.7. The molecule has 1 aliphatic heterocycles. The van der Waals surface area contributed by atoms with E-state index in [2.05, 4.69) is 34.2 Å². The number of fused-ring (bicyclic) bond motifs is 1. The summed E-state index contributed by atoms with van der Waals surface area (Å²) in [6, 6.07) is 14.0. The first-order valence-corrected chi connectivity index (χ1v) is 8.83. The Morgan fingerprint density at radius 2 is 1.92 bits per heavy atom. The molecule has 4 nitrogen and oxygen atoms in total. The van der Waals surface area contributed by atoms with Crippen molar-refractivity contribution in [2.24, 2.45) is 5.92 Å². The monoisotopic (exact) mass is 331 g/mol. The molecule has 3 aromatic rings. The van der Waals surface area contributed by atoms with E-state index in [1.54, 1.807) is 24.5 Å². The zero-order valence-electron chi connectivity index (χ0n) is 14.1. The number of carbonyl (C=O) groups is 1. The lowest BCUT2D eigenvalue weighted by Gasteiger charge is -2.33. The molecule has 2 aromatic heterocycles. The Morgan fingerprint density at radius 1 is 1.08 bits per heavy atom. The Morgan fingerprint density at radius 3 is 2.80 bits per heavy atom. The van der Waals surface area contributed by atoms with E-state index in [1.165, 1.54) is 10.9 Å². The number of nitrogens with zero attached hydrogens (tertiary/aromatic N) is 3. The van der Waals surface area contributed by atoms with Crippen molar-refractivity contribution in [1.82, 2.24) is 14.9 Å². The molecule has 3 heterocycles. The van der Waals surface area contributed by atoms with Crippen molar-refractivity contribution < 1.29 is 4.79 Å². The molecule has 0 aliphatic carbocycles. The molecule has 126 valence electrons. The second-order valence-corrected chi connectivity index (χ2v) is 6.69. The molecule has 1 atom stereocenters. The van der Waals surface area contributed by atoms with Gasteiger partial charge in [0.05, 0.1) is 5.52 Å². The molecular weight excluding hydrogens is 310 g/mol. The van der Waals surface area contributed by atoms with Gasteiger partial charge in [-0.1, -0.05) is 24.3 Å². The van der Waals surface area contributed by atoms with Gasteiger partial charge in [-0.3, -0.25) is 14.8 Å². The number of carbonyl (C=O) groups excluding carboxylic acids is 1. The van der Waals surface area contributed by atoms with Crippen molar-refractivity contribution in [2.75, 3.05) is 13.1 Å². The molecule has 0 N–H and O–H groups in total. The predicted molar refractivity (Wildman–Crippen MR) is 98.3 cm³/mol. The van der Waals surface area contributed by atoms with Crippen LogP contribution in [0.1, 0.15) is 28.8 Å². The minimum absolute atomic E-state index is 0.114. The van der Waals surface area contributed by atoms with Gasteiger partial charge in [-0.2, -0.15) is 0 Å². The summed E-state index contributed by atoms with van der Waals surface area (Å²) in [6.07, 6.45) is 8.39. The molecule has 1 saturated heterocycles. The van der Waals surface area contributed by atoms with Gasteiger partial charge in [-0.25, -0.2) is 0 Å². The van der Waals surface area contributed by atoms with E-state index in [9.17, 15) is 4.79 Å². The molecule has 1 unspecified atom stereocenters. The van der Waals surface area contributed by atoms with Crippen LogP contribution in [0.3, 0.4) is 0 Å². The highest BCUT2D eigenvalue weighted by atomic mass is 16.2. The summed E-state index contributed by atoms with van der Waals surface area (Å²) in [5, 5.41) is 1.18. The number of piperidine rings is 1. The fraction of sp³-hybridized carbons (Fsp3) is 0.286. The van der Waals surface area contributed by atoms with Crippen LogP contribution in [0, 0.1) is 5.92 Å². The largest absolute Gasteiger partial charge is 0.338 e. The Labute approximate surface area is 147 Å². The van der Waals surface area contributed by atoms with Gasteiger partial charge >= 0.3 is 0 Å². The summed E-state index contributed by atoms with van der Waals surface area (Å²) < 4.78 is 0. The van der Waals surface area contributed by atoms with Crippen molar-refractivity contribution in [3.05, 3.63) is 72.2 Å². The molecule has 1 amide bonds. The topological polar surface area (TPSA) is 46.1 Å². The molecule has 4 heteroatoms. The average Bonchev–Trinajstić information content (AvgIpc) is 2.69. The van der Waals surface area contributed by atoms with Crippen LogP contribution >= 0.6 is 0 Å². The second-order valence-electron chi connectivity index (χ2n) is 6.69. The summed E-state index contributed by atoms with van der Waals surface area (Å²) in [4.78, 5) is 23.2. The van der Waals surface area contributed by atoms with Crippen LogP contribution in [-0.2, 0) is 6.42 Å². The Bertz CT molecular complexity index is 873. The molecule has 1 aliphatic rings. The standard InChI is InChI=1S/C21H21N3O/c25-21(18-8-11-22-12-9-18)24-13-3-4-16(15-24)14-19-6-1-5-17-7-2-10-23-20(17)19/h1-2,5-12,16H,3-4,13-15H2. The summed E-state index contributed by atoms with van der Waals surface area (Å²) in [6.45, 7) is 1.65. The van der Waals surface area contributed by atoms with Crippen molar-refractivity contribution in [1.29, 1.82) is 0 Å². The third kappa shape index (κ3) is 3.38. The quantitative estimate of drug-likeness (QED) is 0.735. The number of hydrogen-bond donors (Lipinski definition) is 0. The van der Waals surface area contributed by atoms with Gasteiger partial charge in [0.1, 0.15) is 0 Å². The van der Waals surface area contributed by atoms with Crippen molar-refractivity contribution in [3.63, 3.8) is 0 Å². The van der Waals surface area contributed by atoms with Gasteiger partial charge in [0.15, 0.2) is 0 Å². The van der Waals surface area contributed by atoms with Gasteiger partial charge in [0.2, 0.25) is 0 Å². The lowest BCUT2D eigenvalue weighted by molar-refractivity contribution is 0.0673. The third-order valence-electron chi connectivity index (χ3n) is 4.96. The Kier molecular flexibility index (Phi) is 4.42. The highest BCUT2D eigenvalue weighted by Gasteiger charge is 2.25. The lowest BCUT2D eigenvalue weighted by Crippen LogP contribution is -2.40. The summed E-state index contributed by atoms with van der Waals surface area (Å²) in [7, 11) is 0. The maximum absolute atomic E-state index is 12.7. The highest BCUT2D eigenvalue weighted by Crippen LogP contribution is 2.25. The van der Waals surface area contributed by atoms with Crippen LogP contribution in [-0.4, -0.2) is 33.9 Å². The van der Waals surface area contributed by atoms with Crippen molar-refractivity contribution in [2.45, 2.75) is 19.3 Å². The van der Waals surface area contributed by atoms with Crippen molar-refractivity contribution >= 4 is 16.8 Å². The highest BCUT2D eigenvalue weighted by molar-refractivity contribution is 5.94. The number of rotatable bonds is 3. The van der Waals surface area contributed by atoms with Gasteiger partial charge < -0.3 is 4.90 Å². The number of pyridine rings is 2. The first-order chi connectivity index (χ1) is 12.3. The van der Waals surface area contributed by atoms with Gasteiger partial charge in [-0.05, 0) is 48.9 Å². The number of amides is 1. The fourth-order valence-electron chi connectivity index (χ4n) is 3.74. The minimum Gasteiger partial charge on any atom is -0.338 e. The molecule has 1 aromatic carbocycles. The predicted octanol–water partition coefficient (Wildman–Crippen LogP) is 3.72. The first kappa shape index (κ1) is 15.8. The average molecular weight is 331 g/mol. The molecule has 4 rings (SSSR count). The molecule has 25 heavy (non-hydrogen) atoms. The number of likely N-dealkylation sites (tertiary alicyclic amines) is 1. The number of para-hydroxylation sites is 1. The number of aromatic nitrogens is 2. The van der Waals surface area contributed by atoms with Crippen LogP contribution in [0.25, 0.3) is 10.9 Å². The molecule has 0 saturated carbocycles. The minimum atomic E-state index is 0.114. The summed E-state index contributed by atoms with van der Waals surface area (Å²) in [5.41, 5.74) is 3.09. The zero-order chi connectivity index (χ0) is 17.1. The fourth-order valence-corrected chi connectivity index (χ4v) is 3.74. The van der Waals surface area contributed by atoms with Crippen LogP contribution in [0.5, 0.6) is 0 Å². The Hall–Kier alpha value is -2.75. The van der Waals surface area contributed by atoms with Crippen molar-refractivity contribution in [3.8, 4) is 0 Å². The van der Waals surface area contributed by atoms with E-state index in [4.69, 9.17) is 0 Å². The smallest absolute Gasteiger partial charge is 0.253 e. The maximum Gasteiger partial charge on any atom is 0.253 e. The molecule has 0 bridgehead atoms. The third-order valence-corrected chi connectivity index (χ3v) is 4.96.